The predicted octanol–water partition coefficient (Wildman–Crippen LogP) is 1.87. The van der Waals surface area contributed by atoms with E-state index in [0.29, 0.717) is 11.5 Å². The summed E-state index contributed by atoms with van der Waals surface area (Å²) in [5, 5.41) is 17.1. The van der Waals surface area contributed by atoms with Gasteiger partial charge in [0.05, 0.1) is 12.3 Å². The van der Waals surface area contributed by atoms with Crippen LogP contribution in [0.4, 0.5) is 0 Å². The molecule has 0 bridgehead atoms. The first-order valence-corrected chi connectivity index (χ1v) is 5.50. The van der Waals surface area contributed by atoms with Crippen molar-refractivity contribution in [1.29, 1.82) is 0 Å². The highest BCUT2D eigenvalue weighted by molar-refractivity contribution is 6.11. The number of hydrogen-bond donors (Lipinski definition) is 1. The minimum Gasteiger partial charge on any atom is -0.399 e. The SMILES string of the molecule is CON=C(c1cc(C)no1)c1ccccc1CO. The van der Waals surface area contributed by atoms with Gasteiger partial charge in [-0.2, -0.15) is 0 Å². The van der Waals surface area contributed by atoms with E-state index in [-0.39, 0.29) is 6.61 Å². The van der Waals surface area contributed by atoms with Gasteiger partial charge in [-0.25, -0.2) is 0 Å². The third kappa shape index (κ3) is 2.41. The number of nitrogens with zero attached hydrogens (tertiary/aromatic N) is 2. The lowest BCUT2D eigenvalue weighted by atomic mass is 10.0. The molecule has 0 atom stereocenters. The minimum absolute atomic E-state index is 0.0774. The molecule has 0 aliphatic heterocycles. The van der Waals surface area contributed by atoms with Gasteiger partial charge in [-0.15, -0.1) is 0 Å². The normalized spacial score (nSPS) is 11.6. The van der Waals surface area contributed by atoms with Crippen molar-refractivity contribution in [3.05, 3.63) is 52.9 Å². The Bertz CT molecular complexity index is 561. The van der Waals surface area contributed by atoms with Gasteiger partial charge in [0.25, 0.3) is 0 Å². The number of oxime groups is 1. The Hall–Kier alpha value is -2.14. The molecule has 2 rings (SSSR count). The molecule has 0 aliphatic carbocycles. The van der Waals surface area contributed by atoms with Crippen molar-refractivity contribution in [2.75, 3.05) is 7.11 Å². The molecule has 1 N–H and O–H groups in total. The van der Waals surface area contributed by atoms with E-state index in [9.17, 15) is 5.11 Å². The summed E-state index contributed by atoms with van der Waals surface area (Å²) in [7, 11) is 1.46. The van der Waals surface area contributed by atoms with Crippen molar-refractivity contribution in [3.8, 4) is 0 Å². The summed E-state index contributed by atoms with van der Waals surface area (Å²) in [5.41, 5.74) is 2.79. The van der Waals surface area contributed by atoms with Crippen molar-refractivity contribution in [2.45, 2.75) is 13.5 Å². The zero-order valence-corrected chi connectivity index (χ0v) is 10.3. The first-order chi connectivity index (χ1) is 8.76. The van der Waals surface area contributed by atoms with E-state index in [1.54, 1.807) is 6.07 Å². The molecule has 0 amide bonds. The van der Waals surface area contributed by atoms with E-state index in [0.717, 1.165) is 16.8 Å². The van der Waals surface area contributed by atoms with Crippen LogP contribution in [-0.2, 0) is 11.4 Å². The van der Waals surface area contributed by atoms with Crippen molar-refractivity contribution in [1.82, 2.24) is 5.16 Å². The molecule has 0 spiro atoms. The maximum atomic E-state index is 9.35. The van der Waals surface area contributed by atoms with Gasteiger partial charge in [-0.05, 0) is 12.5 Å². The van der Waals surface area contributed by atoms with Crippen LogP contribution >= 0.6 is 0 Å². The molecule has 5 nitrogen and oxygen atoms in total. The molecule has 0 radical (unpaired) electrons. The van der Waals surface area contributed by atoms with Gasteiger partial charge in [0.2, 0.25) is 0 Å². The average Bonchev–Trinajstić information content (AvgIpc) is 2.82. The summed E-state index contributed by atoms with van der Waals surface area (Å²) in [6, 6.07) is 9.16. The summed E-state index contributed by atoms with van der Waals surface area (Å²) >= 11 is 0. The monoisotopic (exact) mass is 246 g/mol. The largest absolute Gasteiger partial charge is 0.399 e. The van der Waals surface area contributed by atoms with Crippen LogP contribution < -0.4 is 0 Å². The van der Waals surface area contributed by atoms with Gasteiger partial charge in [-0.1, -0.05) is 34.6 Å². The third-order valence-corrected chi connectivity index (χ3v) is 2.49. The van der Waals surface area contributed by atoms with Crippen LogP contribution in [0.3, 0.4) is 0 Å². The maximum absolute atomic E-state index is 9.35. The van der Waals surface area contributed by atoms with E-state index in [4.69, 9.17) is 9.36 Å². The summed E-state index contributed by atoms with van der Waals surface area (Å²) in [6.07, 6.45) is 0. The zero-order valence-electron chi connectivity index (χ0n) is 10.3. The number of aliphatic hydroxyl groups is 1. The Labute approximate surface area is 105 Å². The highest BCUT2D eigenvalue weighted by atomic mass is 16.6. The fourth-order valence-corrected chi connectivity index (χ4v) is 1.68. The summed E-state index contributed by atoms with van der Waals surface area (Å²) in [6.45, 7) is 1.75. The first kappa shape index (κ1) is 12.3. The Kier molecular flexibility index (Phi) is 3.74. The molecule has 1 aromatic carbocycles. The molecule has 0 saturated carbocycles. The molecule has 0 unspecified atom stereocenters. The second-order valence-electron chi connectivity index (χ2n) is 3.77. The number of aliphatic hydroxyl groups excluding tert-OH is 1. The Morgan fingerprint density at radius 2 is 2.22 bits per heavy atom. The molecule has 0 saturated heterocycles. The third-order valence-electron chi connectivity index (χ3n) is 2.49. The molecule has 18 heavy (non-hydrogen) atoms. The van der Waals surface area contributed by atoms with Gasteiger partial charge in [0.1, 0.15) is 7.11 Å². The number of hydrogen-bond acceptors (Lipinski definition) is 5. The molecular weight excluding hydrogens is 232 g/mol. The topological polar surface area (TPSA) is 67.9 Å². The summed E-state index contributed by atoms with van der Waals surface area (Å²) in [5.74, 6) is 0.509. The molecule has 5 heteroatoms. The molecular formula is C13H14N2O3. The standard InChI is InChI=1S/C13H14N2O3/c1-9-7-12(18-14-9)13(15-17-2)11-6-4-3-5-10(11)8-16/h3-7,16H,8H2,1-2H3. The van der Waals surface area contributed by atoms with E-state index >= 15 is 0 Å². The van der Waals surface area contributed by atoms with Gasteiger partial charge in [0, 0.05) is 11.6 Å². The number of aromatic nitrogens is 1. The van der Waals surface area contributed by atoms with E-state index in [1.807, 2.05) is 31.2 Å². The van der Waals surface area contributed by atoms with Gasteiger partial charge >= 0.3 is 0 Å². The lowest BCUT2D eigenvalue weighted by molar-refractivity contribution is 0.212. The minimum atomic E-state index is -0.0774. The van der Waals surface area contributed by atoms with Crippen LogP contribution in [-0.4, -0.2) is 23.1 Å². The van der Waals surface area contributed by atoms with Crippen LogP contribution in [0.25, 0.3) is 0 Å². The smallest absolute Gasteiger partial charge is 0.189 e. The number of rotatable bonds is 4. The van der Waals surface area contributed by atoms with Crippen LogP contribution in [0.5, 0.6) is 0 Å². The van der Waals surface area contributed by atoms with Gasteiger partial charge in [0.15, 0.2) is 11.5 Å². The van der Waals surface area contributed by atoms with Crippen molar-refractivity contribution < 1.29 is 14.5 Å². The number of aryl methyl sites for hydroxylation is 1. The van der Waals surface area contributed by atoms with E-state index < -0.39 is 0 Å². The zero-order chi connectivity index (χ0) is 13.0. The van der Waals surface area contributed by atoms with E-state index in [1.165, 1.54) is 7.11 Å². The quantitative estimate of drug-likeness (QED) is 0.660. The Balaban J connectivity index is 2.52. The fourth-order valence-electron chi connectivity index (χ4n) is 1.68. The molecule has 0 fully saturated rings. The fraction of sp³-hybridized carbons (Fsp3) is 0.231. The molecule has 0 aliphatic rings. The van der Waals surface area contributed by atoms with Crippen LogP contribution in [0, 0.1) is 6.92 Å². The van der Waals surface area contributed by atoms with Gasteiger partial charge < -0.3 is 14.5 Å². The first-order valence-electron chi connectivity index (χ1n) is 5.50. The van der Waals surface area contributed by atoms with Crippen LogP contribution in [0.15, 0.2) is 40.0 Å². The number of benzene rings is 1. The van der Waals surface area contributed by atoms with Crippen LogP contribution in [0.2, 0.25) is 0 Å². The highest BCUT2D eigenvalue weighted by Crippen LogP contribution is 2.16. The lowest BCUT2D eigenvalue weighted by Gasteiger charge is -2.07. The maximum Gasteiger partial charge on any atom is 0.189 e. The molecule has 1 heterocycles. The van der Waals surface area contributed by atoms with Gasteiger partial charge in [-0.3, -0.25) is 0 Å². The Morgan fingerprint density at radius 1 is 1.44 bits per heavy atom. The molecule has 1 aromatic heterocycles. The molecule has 94 valence electrons. The summed E-state index contributed by atoms with van der Waals surface area (Å²) in [4.78, 5) is 4.84. The second-order valence-corrected chi connectivity index (χ2v) is 3.77. The van der Waals surface area contributed by atoms with Crippen molar-refractivity contribution in [2.24, 2.45) is 5.16 Å². The average molecular weight is 246 g/mol. The lowest BCUT2D eigenvalue weighted by Crippen LogP contribution is -2.06. The van der Waals surface area contributed by atoms with Crippen LogP contribution in [0.1, 0.15) is 22.6 Å². The predicted molar refractivity (Wildman–Crippen MR) is 66.3 cm³/mol. The summed E-state index contributed by atoms with van der Waals surface area (Å²) < 4.78 is 5.19. The van der Waals surface area contributed by atoms with Crippen molar-refractivity contribution in [3.63, 3.8) is 0 Å². The Morgan fingerprint density at radius 3 is 2.83 bits per heavy atom. The highest BCUT2D eigenvalue weighted by Gasteiger charge is 2.16. The second kappa shape index (κ2) is 5.46. The van der Waals surface area contributed by atoms with E-state index in [2.05, 4.69) is 10.3 Å². The molecule has 2 aromatic rings. The van der Waals surface area contributed by atoms with Crippen molar-refractivity contribution >= 4 is 5.71 Å².